The van der Waals surface area contributed by atoms with Crippen LogP contribution in [0.1, 0.15) is 37.0 Å². The molecule has 1 N–H and O–H groups in total. The molecule has 32 heavy (non-hydrogen) atoms. The molecule has 4 rings (SSSR count). The number of aromatic nitrogens is 4. The first-order valence-corrected chi connectivity index (χ1v) is 12.4. The third-order valence-electron chi connectivity index (χ3n) is 5.07. The summed E-state index contributed by atoms with van der Waals surface area (Å²) >= 11 is 3.03. The molecule has 9 heteroatoms. The van der Waals surface area contributed by atoms with Gasteiger partial charge in [0, 0.05) is 45.8 Å². The molecule has 1 amide bonds. The number of anilines is 1. The maximum atomic E-state index is 12.9. The Morgan fingerprint density at radius 2 is 1.94 bits per heavy atom. The Labute approximate surface area is 203 Å². The molecular formula is C23H22IN5O2S. The number of thioether (sulfide) groups is 1. The van der Waals surface area contributed by atoms with E-state index in [4.69, 9.17) is 4.98 Å². The Morgan fingerprint density at radius 1 is 1.12 bits per heavy atom. The number of carbonyl (C=O) groups excluding carboxylic acids is 2. The van der Waals surface area contributed by atoms with Crippen LogP contribution in [0.2, 0.25) is 0 Å². The van der Waals surface area contributed by atoms with Gasteiger partial charge in [-0.15, -0.1) is 10.2 Å². The van der Waals surface area contributed by atoms with Gasteiger partial charge in [0.25, 0.3) is 0 Å². The number of carbonyl (C=O) groups is 2. The van der Waals surface area contributed by atoms with E-state index in [2.05, 4.69) is 33.1 Å². The van der Waals surface area contributed by atoms with Gasteiger partial charge in [-0.25, -0.2) is 4.98 Å². The number of benzene rings is 2. The number of nitrogens with zero attached hydrogens (tertiary/aromatic N) is 4. The first-order valence-electron chi connectivity index (χ1n) is 10.4. The van der Waals surface area contributed by atoms with Crippen molar-refractivity contribution in [1.82, 2.24) is 19.7 Å². The van der Waals surface area contributed by atoms with Crippen LogP contribution in [0.5, 0.6) is 0 Å². The third kappa shape index (κ3) is 4.63. The quantitative estimate of drug-likeness (QED) is 0.175. The molecule has 1 atom stereocenters. The first kappa shape index (κ1) is 22.7. The highest BCUT2D eigenvalue weighted by atomic mass is 127. The second-order valence-electron chi connectivity index (χ2n) is 7.29. The number of amides is 1. The number of rotatable bonds is 8. The zero-order chi connectivity index (χ0) is 22.7. The molecule has 0 saturated heterocycles. The summed E-state index contributed by atoms with van der Waals surface area (Å²) in [5.41, 5.74) is 3.79. The zero-order valence-corrected chi connectivity index (χ0v) is 20.7. The Morgan fingerprint density at radius 3 is 2.69 bits per heavy atom. The predicted molar refractivity (Wildman–Crippen MR) is 136 cm³/mol. The third-order valence-corrected chi connectivity index (χ3v) is 6.91. The van der Waals surface area contributed by atoms with Crippen molar-refractivity contribution < 1.29 is 9.59 Å². The molecule has 2 aromatic heterocycles. The van der Waals surface area contributed by atoms with E-state index >= 15 is 0 Å². The molecular weight excluding hydrogens is 537 g/mol. The van der Waals surface area contributed by atoms with Gasteiger partial charge in [-0.1, -0.05) is 55.9 Å². The van der Waals surface area contributed by atoms with Gasteiger partial charge in [0.2, 0.25) is 14.9 Å². The molecule has 0 bridgehead atoms. The van der Waals surface area contributed by atoms with Gasteiger partial charge in [-0.2, -0.15) is 0 Å². The standard InChI is InChI=1S/C23H22IN5O2S/c1-3-12-29-17-11-6-5-10-16(17)19-21(29)26-23(28-27-19)32-18(4-2)22(31)25-15-9-7-8-14(13-15)20(24)30/h5-11,13,18H,3-4,12H2,1-2H3,(H,25,31). The number of halogens is 1. The van der Waals surface area contributed by atoms with Crippen molar-refractivity contribution >= 4 is 71.8 Å². The van der Waals surface area contributed by atoms with Crippen molar-refractivity contribution in [2.75, 3.05) is 5.32 Å². The molecule has 0 saturated carbocycles. The van der Waals surface area contributed by atoms with Gasteiger partial charge < -0.3 is 9.88 Å². The molecule has 4 aromatic rings. The Balaban J connectivity index is 1.60. The highest BCUT2D eigenvalue weighted by Crippen LogP contribution is 2.29. The van der Waals surface area contributed by atoms with Crippen LogP contribution in [-0.2, 0) is 11.3 Å². The Bertz CT molecular complexity index is 1310. The minimum atomic E-state index is -0.391. The van der Waals surface area contributed by atoms with E-state index in [1.807, 2.05) is 25.1 Å². The number of fused-ring (bicyclic) bond motifs is 3. The van der Waals surface area contributed by atoms with E-state index in [0.717, 1.165) is 35.0 Å². The number of hydrogen-bond donors (Lipinski definition) is 1. The molecule has 1 unspecified atom stereocenters. The molecule has 0 fully saturated rings. The van der Waals surface area contributed by atoms with E-state index in [0.29, 0.717) is 22.8 Å². The molecule has 7 nitrogen and oxygen atoms in total. The molecule has 0 radical (unpaired) electrons. The molecule has 0 aliphatic heterocycles. The van der Waals surface area contributed by atoms with Gasteiger partial charge >= 0.3 is 0 Å². The second-order valence-corrected chi connectivity index (χ2v) is 9.44. The van der Waals surface area contributed by atoms with E-state index < -0.39 is 5.25 Å². The monoisotopic (exact) mass is 559 g/mol. The van der Waals surface area contributed by atoms with Crippen molar-refractivity contribution in [2.24, 2.45) is 0 Å². The van der Waals surface area contributed by atoms with E-state index in [1.165, 1.54) is 11.8 Å². The average Bonchev–Trinajstić information content (AvgIpc) is 3.11. The second kappa shape index (κ2) is 9.95. The van der Waals surface area contributed by atoms with Crippen LogP contribution in [0, 0.1) is 0 Å². The summed E-state index contributed by atoms with van der Waals surface area (Å²) in [6.45, 7) is 4.90. The molecule has 0 aliphatic rings. The highest BCUT2D eigenvalue weighted by molar-refractivity contribution is 14.1. The lowest BCUT2D eigenvalue weighted by atomic mass is 10.2. The first-order chi connectivity index (χ1) is 15.5. The van der Waals surface area contributed by atoms with Crippen LogP contribution in [0.15, 0.2) is 53.7 Å². The van der Waals surface area contributed by atoms with Crippen molar-refractivity contribution in [3.63, 3.8) is 0 Å². The lowest BCUT2D eigenvalue weighted by molar-refractivity contribution is -0.115. The number of aryl methyl sites for hydroxylation is 1. The minimum Gasteiger partial charge on any atom is -0.325 e. The smallest absolute Gasteiger partial charge is 0.237 e. The fourth-order valence-corrected chi connectivity index (χ4v) is 4.73. The van der Waals surface area contributed by atoms with Crippen molar-refractivity contribution in [2.45, 2.75) is 43.6 Å². The molecule has 0 spiro atoms. The topological polar surface area (TPSA) is 89.8 Å². The van der Waals surface area contributed by atoms with Gasteiger partial charge in [0.15, 0.2) is 5.65 Å². The van der Waals surface area contributed by atoms with Crippen molar-refractivity contribution in [3.05, 3.63) is 54.1 Å². The van der Waals surface area contributed by atoms with Gasteiger partial charge in [-0.05, 0) is 31.0 Å². The normalized spacial score (nSPS) is 12.2. The van der Waals surface area contributed by atoms with E-state index in [1.54, 1.807) is 46.9 Å². The Kier molecular flexibility index (Phi) is 7.04. The van der Waals surface area contributed by atoms with Crippen LogP contribution in [0.4, 0.5) is 5.69 Å². The summed E-state index contributed by atoms with van der Waals surface area (Å²) in [5, 5.41) is 12.8. The maximum absolute atomic E-state index is 12.9. The Hall–Kier alpha value is -2.53. The highest BCUT2D eigenvalue weighted by Gasteiger charge is 2.22. The van der Waals surface area contributed by atoms with Crippen LogP contribution >= 0.6 is 34.4 Å². The summed E-state index contributed by atoms with van der Waals surface area (Å²) in [5.74, 6) is -0.159. The number of hydrogen-bond acceptors (Lipinski definition) is 6. The van der Waals surface area contributed by atoms with Crippen LogP contribution in [0.25, 0.3) is 22.1 Å². The van der Waals surface area contributed by atoms with Crippen molar-refractivity contribution in [3.8, 4) is 0 Å². The zero-order valence-electron chi connectivity index (χ0n) is 17.7. The number of para-hydroxylation sites is 1. The van der Waals surface area contributed by atoms with E-state index in [-0.39, 0.29) is 9.70 Å². The minimum absolute atomic E-state index is 0.0737. The molecule has 2 aromatic carbocycles. The molecule has 164 valence electrons. The van der Waals surface area contributed by atoms with Crippen LogP contribution in [0.3, 0.4) is 0 Å². The lowest BCUT2D eigenvalue weighted by Gasteiger charge is -2.14. The van der Waals surface area contributed by atoms with Gasteiger partial charge in [0.1, 0.15) is 5.52 Å². The van der Waals surface area contributed by atoms with E-state index in [9.17, 15) is 9.59 Å². The summed E-state index contributed by atoms with van der Waals surface area (Å²) in [4.78, 5) is 29.3. The predicted octanol–water partition coefficient (Wildman–Crippen LogP) is 5.47. The number of nitrogens with one attached hydrogen (secondary N) is 1. The van der Waals surface area contributed by atoms with Crippen LogP contribution < -0.4 is 5.32 Å². The summed E-state index contributed by atoms with van der Waals surface area (Å²) in [7, 11) is 0. The lowest BCUT2D eigenvalue weighted by Crippen LogP contribution is -2.25. The average molecular weight is 559 g/mol. The fourth-order valence-electron chi connectivity index (χ4n) is 3.58. The van der Waals surface area contributed by atoms with Gasteiger partial charge in [-0.3, -0.25) is 9.59 Å². The van der Waals surface area contributed by atoms with Crippen molar-refractivity contribution in [1.29, 1.82) is 0 Å². The largest absolute Gasteiger partial charge is 0.325 e. The van der Waals surface area contributed by atoms with Crippen LogP contribution in [-0.4, -0.2) is 34.7 Å². The summed E-state index contributed by atoms with van der Waals surface area (Å²) in [6, 6.07) is 15.0. The maximum Gasteiger partial charge on any atom is 0.237 e. The van der Waals surface area contributed by atoms with Gasteiger partial charge in [0.05, 0.1) is 10.8 Å². The molecule has 2 heterocycles. The summed E-state index contributed by atoms with van der Waals surface area (Å²) < 4.78 is 2.09. The molecule has 0 aliphatic carbocycles. The SMILES string of the molecule is CCCn1c2ccccc2c2nnc(SC(CC)C(=O)Nc3cccc(C(=O)I)c3)nc21. The fraction of sp³-hybridized carbons (Fsp3) is 0.261. The summed E-state index contributed by atoms with van der Waals surface area (Å²) in [6.07, 6.45) is 1.57.